The Labute approximate surface area is 229 Å². The van der Waals surface area contributed by atoms with E-state index in [0.29, 0.717) is 34.6 Å². The molecule has 2 atom stereocenters. The number of alkyl halides is 3. The molecule has 1 aromatic carbocycles. The first kappa shape index (κ1) is 28.2. The fourth-order valence-electron chi connectivity index (χ4n) is 4.38. The molecule has 2 aliphatic rings. The van der Waals surface area contributed by atoms with Crippen molar-refractivity contribution >= 4 is 63.5 Å². The smallest absolute Gasteiger partial charge is 0.419 e. The number of thiocarbonyl (C=S) groups is 1. The minimum Gasteiger partial charge on any atom is -0.481 e. The van der Waals surface area contributed by atoms with Crippen LogP contribution in [0.3, 0.4) is 0 Å². The third-order valence-corrected chi connectivity index (χ3v) is 8.58. The van der Waals surface area contributed by atoms with Crippen molar-refractivity contribution in [3.05, 3.63) is 50.8 Å². The van der Waals surface area contributed by atoms with E-state index in [1.54, 1.807) is 17.5 Å². The van der Waals surface area contributed by atoms with Crippen molar-refractivity contribution in [3.63, 3.8) is 0 Å². The van der Waals surface area contributed by atoms with Crippen LogP contribution >= 0.6 is 35.3 Å². The summed E-state index contributed by atoms with van der Waals surface area (Å²) in [6.07, 6.45) is -0.841. The van der Waals surface area contributed by atoms with Gasteiger partial charge in [-0.2, -0.15) is 13.2 Å². The molecule has 2 heterocycles. The molecule has 1 saturated carbocycles. The molecule has 0 unspecified atom stereocenters. The van der Waals surface area contributed by atoms with E-state index < -0.39 is 29.4 Å². The number of nitrogens with zero attached hydrogens (tertiary/aromatic N) is 1. The molecule has 1 aliphatic heterocycles. The zero-order valence-electron chi connectivity index (χ0n) is 19.7. The largest absolute Gasteiger partial charge is 0.481 e. The summed E-state index contributed by atoms with van der Waals surface area (Å²) in [5, 5.41) is 13.7. The van der Waals surface area contributed by atoms with Gasteiger partial charge in [-0.1, -0.05) is 36.5 Å². The number of carboxylic acid groups (broad SMARTS) is 1. The quantitative estimate of drug-likeness (QED) is 0.238. The minimum atomic E-state index is -4.82. The summed E-state index contributed by atoms with van der Waals surface area (Å²) in [7, 11) is 0. The van der Waals surface area contributed by atoms with Crippen molar-refractivity contribution in [3.8, 4) is 11.1 Å². The van der Waals surface area contributed by atoms with Gasteiger partial charge in [0.2, 0.25) is 5.91 Å². The maximum Gasteiger partial charge on any atom is 0.419 e. The molecule has 4 rings (SSSR count). The lowest BCUT2D eigenvalue weighted by Gasteiger charge is -2.27. The number of rotatable bonds is 7. The molecule has 2 aromatic rings. The van der Waals surface area contributed by atoms with E-state index >= 15 is 0 Å². The summed E-state index contributed by atoms with van der Waals surface area (Å²) >= 11 is 7.57. The average molecular weight is 587 g/mol. The molecule has 0 radical (unpaired) electrons. The van der Waals surface area contributed by atoms with E-state index in [0.717, 1.165) is 30.3 Å². The number of halogens is 4. The van der Waals surface area contributed by atoms with E-state index in [9.17, 15) is 37.1 Å². The molecule has 0 spiro atoms. The SMILES string of the molecule is O=C(CCN1C(=O)C(=Cc2cc(-c3ccc(F)c(C(F)(F)F)c3)cs2)SC1=S)N[C@@H]1CCC[C@@H](C(=O)O)C1. The van der Waals surface area contributed by atoms with E-state index in [-0.39, 0.29) is 40.7 Å². The Morgan fingerprint density at radius 1 is 1.21 bits per heavy atom. The van der Waals surface area contributed by atoms with Gasteiger partial charge in [-0.15, -0.1) is 11.3 Å². The second kappa shape index (κ2) is 11.5. The van der Waals surface area contributed by atoms with E-state index in [2.05, 4.69) is 5.32 Å². The van der Waals surface area contributed by atoms with Crippen molar-refractivity contribution in [1.29, 1.82) is 0 Å². The summed E-state index contributed by atoms with van der Waals surface area (Å²) in [6, 6.07) is 4.17. The summed E-state index contributed by atoms with van der Waals surface area (Å²) in [5.41, 5.74) is -0.703. The van der Waals surface area contributed by atoms with Gasteiger partial charge in [-0.05, 0) is 60.0 Å². The van der Waals surface area contributed by atoms with Crippen LogP contribution in [0.1, 0.15) is 42.5 Å². The number of carbonyl (C=O) groups is 3. The number of hydrogen-bond acceptors (Lipinski definition) is 6. The predicted molar refractivity (Wildman–Crippen MR) is 141 cm³/mol. The third kappa shape index (κ3) is 6.62. The van der Waals surface area contributed by atoms with Crippen LogP contribution in [-0.4, -0.2) is 44.7 Å². The summed E-state index contributed by atoms with van der Waals surface area (Å²) in [4.78, 5) is 38.8. The number of carboxylic acids is 1. The van der Waals surface area contributed by atoms with Crippen LogP contribution in [0, 0.1) is 11.7 Å². The Morgan fingerprint density at radius 3 is 2.68 bits per heavy atom. The predicted octanol–water partition coefficient (Wildman–Crippen LogP) is 5.92. The lowest BCUT2D eigenvalue weighted by atomic mass is 9.86. The molecule has 13 heteroatoms. The number of thioether (sulfide) groups is 1. The van der Waals surface area contributed by atoms with Crippen LogP contribution in [0.15, 0.2) is 34.6 Å². The first-order valence-electron chi connectivity index (χ1n) is 11.7. The Kier molecular flexibility index (Phi) is 8.58. The van der Waals surface area contributed by atoms with Gasteiger partial charge < -0.3 is 10.4 Å². The molecule has 1 saturated heterocycles. The first-order chi connectivity index (χ1) is 17.9. The van der Waals surface area contributed by atoms with Crippen LogP contribution in [-0.2, 0) is 20.6 Å². The summed E-state index contributed by atoms with van der Waals surface area (Å²) < 4.78 is 53.1. The van der Waals surface area contributed by atoms with E-state index in [4.69, 9.17) is 12.2 Å². The highest BCUT2D eigenvalue weighted by Crippen LogP contribution is 2.37. The van der Waals surface area contributed by atoms with Crippen molar-refractivity contribution < 1.29 is 37.1 Å². The summed E-state index contributed by atoms with van der Waals surface area (Å²) in [5.74, 6) is -3.36. The third-order valence-electron chi connectivity index (χ3n) is 6.32. The minimum absolute atomic E-state index is 0.00319. The molecule has 1 aromatic heterocycles. The maximum atomic E-state index is 13.6. The normalized spacial score (nSPS) is 21.3. The summed E-state index contributed by atoms with van der Waals surface area (Å²) in [6.45, 7) is 0.0639. The maximum absolute atomic E-state index is 13.6. The molecular weight excluding hydrogens is 564 g/mol. The van der Waals surface area contributed by atoms with E-state index in [1.165, 1.54) is 22.3 Å². The monoisotopic (exact) mass is 586 g/mol. The lowest BCUT2D eigenvalue weighted by Crippen LogP contribution is -2.41. The second-order valence-corrected chi connectivity index (χ2v) is 11.6. The number of thiophene rings is 1. The Morgan fingerprint density at radius 2 is 1.97 bits per heavy atom. The molecule has 38 heavy (non-hydrogen) atoms. The molecule has 6 nitrogen and oxygen atoms in total. The molecular formula is C25H22F4N2O4S3. The number of carbonyl (C=O) groups excluding carboxylic acids is 2. The lowest BCUT2D eigenvalue weighted by molar-refractivity contribution is -0.143. The van der Waals surface area contributed by atoms with Gasteiger partial charge in [0.05, 0.1) is 16.4 Å². The van der Waals surface area contributed by atoms with Crippen LogP contribution < -0.4 is 5.32 Å². The average Bonchev–Trinajstić information content (AvgIpc) is 3.41. The Bertz CT molecular complexity index is 1310. The zero-order valence-corrected chi connectivity index (χ0v) is 22.2. The first-order valence-corrected chi connectivity index (χ1v) is 13.8. The van der Waals surface area contributed by atoms with Crippen LogP contribution in [0.4, 0.5) is 17.6 Å². The number of benzene rings is 1. The highest BCUT2D eigenvalue weighted by atomic mass is 32.2. The molecule has 0 bridgehead atoms. The van der Waals surface area contributed by atoms with Crippen molar-refractivity contribution in [2.75, 3.05) is 6.54 Å². The zero-order chi connectivity index (χ0) is 27.6. The van der Waals surface area contributed by atoms with Gasteiger partial charge in [0.15, 0.2) is 0 Å². The fraction of sp³-hybridized carbons (Fsp3) is 0.360. The Balaban J connectivity index is 1.37. The van der Waals surface area contributed by atoms with Gasteiger partial charge >= 0.3 is 12.1 Å². The molecule has 2 fully saturated rings. The van der Waals surface area contributed by atoms with Crippen molar-refractivity contribution in [2.45, 2.75) is 44.3 Å². The topological polar surface area (TPSA) is 86.7 Å². The van der Waals surface area contributed by atoms with Crippen LogP contribution in [0.5, 0.6) is 0 Å². The number of hydrogen-bond donors (Lipinski definition) is 2. The van der Waals surface area contributed by atoms with Gasteiger partial charge in [-0.25, -0.2) is 4.39 Å². The van der Waals surface area contributed by atoms with Gasteiger partial charge in [0, 0.05) is 23.9 Å². The molecule has 2 N–H and O–H groups in total. The van der Waals surface area contributed by atoms with Gasteiger partial charge in [-0.3, -0.25) is 19.3 Å². The number of amides is 2. The number of aliphatic carboxylic acids is 1. The van der Waals surface area contributed by atoms with Crippen molar-refractivity contribution in [2.24, 2.45) is 5.92 Å². The second-order valence-electron chi connectivity index (χ2n) is 8.98. The highest BCUT2D eigenvalue weighted by molar-refractivity contribution is 8.26. The highest BCUT2D eigenvalue weighted by Gasteiger charge is 2.35. The van der Waals surface area contributed by atoms with Crippen LogP contribution in [0.2, 0.25) is 0 Å². The standard InChI is InChI=1S/C25H22F4N2O4S3/c26-19-5-4-13(10-18(19)25(27,28)29)15-9-17(37-12-15)11-20-22(33)31(24(36)38-20)7-6-21(32)30-16-3-1-2-14(8-16)23(34)35/h4-5,9-12,14,16H,1-3,6-8H2,(H,30,32)(H,34,35)/t14-,16-/m1/s1. The van der Waals surface area contributed by atoms with E-state index in [1.807, 2.05) is 0 Å². The van der Waals surface area contributed by atoms with Gasteiger partial charge in [0.25, 0.3) is 5.91 Å². The van der Waals surface area contributed by atoms with Gasteiger partial charge in [0.1, 0.15) is 10.1 Å². The molecule has 202 valence electrons. The number of nitrogens with one attached hydrogen (secondary N) is 1. The molecule has 1 aliphatic carbocycles. The fourth-order valence-corrected chi connectivity index (χ4v) is 6.60. The van der Waals surface area contributed by atoms with Crippen LogP contribution in [0.25, 0.3) is 17.2 Å². The van der Waals surface area contributed by atoms with Crippen molar-refractivity contribution in [1.82, 2.24) is 10.2 Å². The molecule has 2 amide bonds. The Hall–Kier alpha value is -2.77.